The van der Waals surface area contributed by atoms with Crippen LogP contribution in [0.1, 0.15) is 35.4 Å². The fraction of sp³-hybridized carbons (Fsp3) is 0.280. The van der Waals surface area contributed by atoms with Crippen molar-refractivity contribution in [3.63, 3.8) is 0 Å². The second-order valence-corrected chi connectivity index (χ2v) is 11.1. The maximum Gasteiger partial charge on any atom is 0.295 e. The van der Waals surface area contributed by atoms with Crippen molar-refractivity contribution in [2.45, 2.75) is 30.8 Å². The molecule has 0 bridgehead atoms. The van der Waals surface area contributed by atoms with Gasteiger partial charge < -0.3 is 4.42 Å². The van der Waals surface area contributed by atoms with E-state index in [-0.39, 0.29) is 10.9 Å². The number of carbonyl (C=O) groups excluding carboxylic acids is 1. The zero-order chi connectivity index (χ0) is 23.5. The minimum absolute atomic E-state index is 0.0112. The summed E-state index contributed by atoms with van der Waals surface area (Å²) in [7, 11) is -3.76. The zero-order valence-electron chi connectivity index (χ0n) is 18.6. The van der Waals surface area contributed by atoms with Crippen molar-refractivity contribution in [2.75, 3.05) is 24.5 Å². The molecular formula is C25H25N3O4S2. The molecule has 34 heavy (non-hydrogen) atoms. The van der Waals surface area contributed by atoms with Crippen molar-refractivity contribution < 1.29 is 17.6 Å². The molecule has 0 aliphatic carbocycles. The second kappa shape index (κ2) is 9.69. The number of hydrogen-bond acceptors (Lipinski definition) is 6. The van der Waals surface area contributed by atoms with Crippen molar-refractivity contribution in [1.82, 2.24) is 9.29 Å². The lowest BCUT2D eigenvalue weighted by Gasteiger charge is -2.24. The number of amides is 1. The summed E-state index contributed by atoms with van der Waals surface area (Å²) in [6, 6.07) is 20.4. The summed E-state index contributed by atoms with van der Waals surface area (Å²) in [5.41, 5.74) is 1.90. The zero-order valence-corrected chi connectivity index (χ0v) is 20.2. The van der Waals surface area contributed by atoms with Gasteiger partial charge in [0.15, 0.2) is 10.9 Å². The number of hydrogen-bond donors (Lipinski definition) is 0. The molecule has 2 aromatic heterocycles. The van der Waals surface area contributed by atoms with Gasteiger partial charge in [-0.3, -0.25) is 9.69 Å². The van der Waals surface area contributed by atoms with Crippen LogP contribution in [-0.4, -0.2) is 43.2 Å². The quantitative estimate of drug-likeness (QED) is 0.362. The molecule has 5 rings (SSSR count). The number of para-hydroxylation sites is 1. The number of benzene rings is 2. The van der Waals surface area contributed by atoms with Crippen LogP contribution in [0.25, 0.3) is 10.2 Å². The van der Waals surface area contributed by atoms with E-state index in [0.717, 1.165) is 35.0 Å². The molecule has 176 valence electrons. The first kappa shape index (κ1) is 22.8. The average molecular weight is 496 g/mol. The average Bonchev–Trinajstić information content (AvgIpc) is 3.53. The molecule has 0 atom stereocenters. The third kappa shape index (κ3) is 4.64. The molecule has 1 amide bonds. The van der Waals surface area contributed by atoms with Crippen molar-refractivity contribution in [2.24, 2.45) is 0 Å². The van der Waals surface area contributed by atoms with Crippen molar-refractivity contribution in [3.05, 3.63) is 78.1 Å². The maximum atomic E-state index is 13.6. The van der Waals surface area contributed by atoms with Crippen molar-refractivity contribution >= 4 is 42.6 Å². The molecule has 1 aliphatic rings. The third-order valence-electron chi connectivity index (χ3n) is 5.93. The van der Waals surface area contributed by atoms with Crippen LogP contribution in [0.5, 0.6) is 0 Å². The first-order valence-electron chi connectivity index (χ1n) is 11.3. The van der Waals surface area contributed by atoms with Crippen LogP contribution in [0.4, 0.5) is 5.13 Å². The Morgan fingerprint density at radius 2 is 1.71 bits per heavy atom. The number of aromatic nitrogens is 1. The first-order valence-corrected chi connectivity index (χ1v) is 13.6. The largest absolute Gasteiger partial charge is 0.438 e. The van der Waals surface area contributed by atoms with Crippen LogP contribution >= 0.6 is 11.3 Å². The number of fused-ring (bicyclic) bond motifs is 1. The number of carbonyl (C=O) groups is 1. The Balaban J connectivity index is 1.44. The molecule has 1 aliphatic heterocycles. The molecule has 0 unspecified atom stereocenters. The third-order valence-corrected chi connectivity index (χ3v) is 8.76. The Morgan fingerprint density at radius 3 is 2.47 bits per heavy atom. The lowest BCUT2D eigenvalue weighted by Crippen LogP contribution is -2.35. The summed E-state index contributed by atoms with van der Waals surface area (Å²) in [5.74, 6) is -0.419. The van der Waals surface area contributed by atoms with E-state index in [2.05, 4.69) is 4.98 Å². The van der Waals surface area contributed by atoms with Gasteiger partial charge in [0, 0.05) is 19.6 Å². The minimum atomic E-state index is -3.76. The summed E-state index contributed by atoms with van der Waals surface area (Å²) in [5, 5.41) is 0.365. The predicted molar refractivity (Wildman–Crippen MR) is 133 cm³/mol. The van der Waals surface area contributed by atoms with Gasteiger partial charge in [0.05, 0.1) is 10.2 Å². The molecule has 0 saturated carbocycles. The Hall–Kier alpha value is -3.01. The Labute approximate surface area is 202 Å². The number of piperidine rings is 1. The summed E-state index contributed by atoms with van der Waals surface area (Å²) in [6.45, 7) is 1.33. The van der Waals surface area contributed by atoms with E-state index < -0.39 is 15.9 Å². The second-order valence-electron chi connectivity index (χ2n) is 8.24. The van der Waals surface area contributed by atoms with E-state index in [4.69, 9.17) is 4.42 Å². The molecule has 7 nitrogen and oxygen atoms in total. The van der Waals surface area contributed by atoms with Gasteiger partial charge in [0.25, 0.3) is 15.9 Å². The van der Waals surface area contributed by atoms with Crippen LogP contribution in [0, 0.1) is 0 Å². The Bertz CT molecular complexity index is 1360. The number of rotatable bonds is 7. The van der Waals surface area contributed by atoms with Gasteiger partial charge in [0.1, 0.15) is 0 Å². The first-order chi connectivity index (χ1) is 16.5. The highest BCUT2D eigenvalue weighted by molar-refractivity contribution is 7.89. The van der Waals surface area contributed by atoms with Gasteiger partial charge in [-0.25, -0.2) is 13.4 Å². The monoisotopic (exact) mass is 495 g/mol. The normalized spacial score (nSPS) is 14.9. The molecule has 4 aromatic rings. The van der Waals surface area contributed by atoms with Crippen LogP contribution in [0.2, 0.25) is 0 Å². The summed E-state index contributed by atoms with van der Waals surface area (Å²) >= 11 is 1.42. The Morgan fingerprint density at radius 1 is 0.971 bits per heavy atom. The van der Waals surface area contributed by atoms with Crippen LogP contribution in [0.15, 0.2) is 76.2 Å². The number of anilines is 1. The highest BCUT2D eigenvalue weighted by Gasteiger charge is 2.31. The lowest BCUT2D eigenvalue weighted by molar-refractivity contribution is 0.0955. The molecular weight excluding hydrogens is 470 g/mol. The van der Waals surface area contributed by atoms with Gasteiger partial charge >= 0.3 is 0 Å². The van der Waals surface area contributed by atoms with Gasteiger partial charge in [-0.1, -0.05) is 60.2 Å². The Kier molecular flexibility index (Phi) is 6.49. The smallest absolute Gasteiger partial charge is 0.295 e. The fourth-order valence-electron chi connectivity index (χ4n) is 4.08. The van der Waals surface area contributed by atoms with E-state index in [0.29, 0.717) is 31.2 Å². The topological polar surface area (TPSA) is 83.7 Å². The SMILES string of the molecule is O=C(c1ccc(S(=O)(=O)N2CCCCC2)o1)N(CCc1ccccc1)c1nc2ccccc2s1. The molecule has 1 fully saturated rings. The molecule has 1 saturated heterocycles. The van der Waals surface area contributed by atoms with Gasteiger partial charge in [0.2, 0.25) is 5.09 Å². The predicted octanol–water partition coefficient (Wildman–Crippen LogP) is 4.95. The van der Waals surface area contributed by atoms with Crippen LogP contribution in [0.3, 0.4) is 0 Å². The van der Waals surface area contributed by atoms with E-state index in [9.17, 15) is 13.2 Å². The highest BCUT2D eigenvalue weighted by atomic mass is 32.2. The minimum Gasteiger partial charge on any atom is -0.438 e. The highest BCUT2D eigenvalue weighted by Crippen LogP contribution is 2.31. The molecule has 0 spiro atoms. The van der Waals surface area contributed by atoms with E-state index in [1.807, 2.05) is 54.6 Å². The van der Waals surface area contributed by atoms with E-state index in [1.165, 1.54) is 27.8 Å². The fourth-order valence-corrected chi connectivity index (χ4v) is 6.50. The van der Waals surface area contributed by atoms with Gasteiger partial charge in [-0.15, -0.1) is 0 Å². The summed E-state index contributed by atoms with van der Waals surface area (Å²) in [6.07, 6.45) is 3.31. The van der Waals surface area contributed by atoms with E-state index >= 15 is 0 Å². The molecule has 0 N–H and O–H groups in total. The maximum absolute atomic E-state index is 13.6. The van der Waals surface area contributed by atoms with Crippen molar-refractivity contribution in [3.8, 4) is 0 Å². The van der Waals surface area contributed by atoms with E-state index in [1.54, 1.807) is 4.90 Å². The number of sulfonamides is 1. The van der Waals surface area contributed by atoms with Gasteiger partial charge in [-0.05, 0) is 49.1 Å². The molecule has 3 heterocycles. The van der Waals surface area contributed by atoms with Crippen LogP contribution < -0.4 is 4.90 Å². The van der Waals surface area contributed by atoms with Gasteiger partial charge in [-0.2, -0.15) is 4.31 Å². The number of nitrogens with zero attached hydrogens (tertiary/aromatic N) is 3. The van der Waals surface area contributed by atoms with Crippen LogP contribution in [-0.2, 0) is 16.4 Å². The number of furan rings is 1. The standard InChI is InChI=1S/C25H25N3O4S2/c29-24(21-13-14-23(32-21)34(30,31)27-16-7-2-8-17-27)28(18-15-19-9-3-1-4-10-19)25-26-20-11-5-6-12-22(20)33-25/h1,3-6,9-14H,2,7-8,15-18H2. The summed E-state index contributed by atoms with van der Waals surface area (Å²) < 4.78 is 34.0. The number of thiazole rings is 1. The lowest BCUT2D eigenvalue weighted by atomic mass is 10.1. The van der Waals surface area contributed by atoms with Crippen molar-refractivity contribution in [1.29, 1.82) is 0 Å². The molecule has 2 aromatic carbocycles. The molecule has 0 radical (unpaired) electrons. The molecule has 9 heteroatoms. The summed E-state index contributed by atoms with van der Waals surface area (Å²) in [4.78, 5) is 19.8.